The predicted octanol–water partition coefficient (Wildman–Crippen LogP) is 3.68. The van der Waals surface area contributed by atoms with Crippen LogP contribution >= 0.6 is 24.0 Å². The first-order valence-corrected chi connectivity index (χ1v) is 7.41. The Morgan fingerprint density at radius 1 is 1.30 bits per heavy atom. The lowest BCUT2D eigenvalue weighted by molar-refractivity contribution is -0.0504. The Balaban J connectivity index is 0.00000264. The van der Waals surface area contributed by atoms with Gasteiger partial charge in [-0.2, -0.15) is 8.78 Å². The SMILES string of the molecule is CCNC(=NCc1ccccc1OC(F)F)NC1CC=CC1.I. The topological polar surface area (TPSA) is 45.7 Å². The zero-order chi connectivity index (χ0) is 15.8. The van der Waals surface area contributed by atoms with Crippen molar-refractivity contribution >= 4 is 29.9 Å². The van der Waals surface area contributed by atoms with Crippen molar-refractivity contribution in [2.45, 2.75) is 39.0 Å². The number of aliphatic imine (C=N–C) groups is 1. The Kier molecular flexibility index (Phi) is 8.90. The standard InChI is InChI=1S/C16H21F2N3O.HI/c1-2-19-16(21-13-8-4-5-9-13)20-11-12-7-3-6-10-14(12)22-15(17)18;/h3-7,10,13,15H,2,8-9,11H2,1H3,(H2,19,20,21);1H. The summed E-state index contributed by atoms with van der Waals surface area (Å²) in [5.41, 5.74) is 0.629. The molecule has 7 heteroatoms. The summed E-state index contributed by atoms with van der Waals surface area (Å²) in [5.74, 6) is 0.850. The van der Waals surface area contributed by atoms with Crippen LogP contribution < -0.4 is 15.4 Å². The monoisotopic (exact) mass is 437 g/mol. The molecule has 0 saturated carbocycles. The maximum atomic E-state index is 12.4. The van der Waals surface area contributed by atoms with E-state index in [1.807, 2.05) is 6.92 Å². The lowest BCUT2D eigenvalue weighted by Crippen LogP contribution is -2.42. The zero-order valence-electron chi connectivity index (χ0n) is 13.0. The minimum Gasteiger partial charge on any atom is -0.434 e. The number of benzene rings is 1. The Morgan fingerprint density at radius 2 is 2.00 bits per heavy atom. The van der Waals surface area contributed by atoms with Crippen LogP contribution in [0.25, 0.3) is 0 Å². The van der Waals surface area contributed by atoms with Gasteiger partial charge in [-0.1, -0.05) is 30.4 Å². The van der Waals surface area contributed by atoms with E-state index >= 15 is 0 Å². The van der Waals surface area contributed by atoms with Crippen LogP contribution in [0.2, 0.25) is 0 Å². The second kappa shape index (κ2) is 10.4. The van der Waals surface area contributed by atoms with E-state index in [0.717, 1.165) is 19.4 Å². The number of nitrogens with zero attached hydrogens (tertiary/aromatic N) is 1. The molecular formula is C16H22F2IN3O. The molecule has 0 radical (unpaired) electrons. The van der Waals surface area contributed by atoms with Gasteiger partial charge in [0.25, 0.3) is 0 Å². The second-order valence-corrected chi connectivity index (χ2v) is 4.97. The van der Waals surface area contributed by atoms with Gasteiger partial charge in [-0.3, -0.25) is 0 Å². The van der Waals surface area contributed by atoms with Crippen LogP contribution in [0.1, 0.15) is 25.3 Å². The van der Waals surface area contributed by atoms with Crippen LogP contribution in [0.15, 0.2) is 41.4 Å². The average Bonchev–Trinajstić information content (AvgIpc) is 2.99. The molecule has 0 saturated heterocycles. The Hall–Kier alpha value is -1.38. The maximum Gasteiger partial charge on any atom is 0.387 e. The van der Waals surface area contributed by atoms with Crippen LogP contribution in [-0.2, 0) is 6.54 Å². The van der Waals surface area contributed by atoms with Gasteiger partial charge in [-0.15, -0.1) is 24.0 Å². The molecule has 0 amide bonds. The summed E-state index contributed by atoms with van der Waals surface area (Å²) >= 11 is 0. The van der Waals surface area contributed by atoms with Gasteiger partial charge < -0.3 is 15.4 Å². The van der Waals surface area contributed by atoms with Gasteiger partial charge in [0.15, 0.2) is 5.96 Å². The second-order valence-electron chi connectivity index (χ2n) is 4.97. The number of ether oxygens (including phenoxy) is 1. The molecule has 1 aromatic carbocycles. The Labute approximate surface area is 152 Å². The molecule has 0 bridgehead atoms. The lowest BCUT2D eigenvalue weighted by atomic mass is 10.2. The molecule has 0 fully saturated rings. The molecule has 1 aromatic rings. The van der Waals surface area contributed by atoms with Crippen molar-refractivity contribution in [3.8, 4) is 5.75 Å². The quantitative estimate of drug-likeness (QED) is 0.309. The number of hydrogen-bond donors (Lipinski definition) is 2. The third kappa shape index (κ3) is 6.72. The minimum atomic E-state index is -2.83. The van der Waals surface area contributed by atoms with Crippen molar-refractivity contribution in [3.63, 3.8) is 0 Å². The van der Waals surface area contributed by atoms with Crippen molar-refractivity contribution in [1.29, 1.82) is 0 Å². The van der Waals surface area contributed by atoms with Crippen molar-refractivity contribution in [2.75, 3.05) is 6.54 Å². The molecule has 2 N–H and O–H groups in total. The van der Waals surface area contributed by atoms with Crippen molar-refractivity contribution in [3.05, 3.63) is 42.0 Å². The summed E-state index contributed by atoms with van der Waals surface area (Å²) in [6.45, 7) is 0.165. The van der Waals surface area contributed by atoms with Gasteiger partial charge in [0.1, 0.15) is 5.75 Å². The van der Waals surface area contributed by atoms with E-state index in [0.29, 0.717) is 17.6 Å². The number of rotatable bonds is 6. The fourth-order valence-corrected chi connectivity index (χ4v) is 2.26. The number of hydrogen-bond acceptors (Lipinski definition) is 2. The van der Waals surface area contributed by atoms with E-state index in [1.165, 1.54) is 6.07 Å². The van der Waals surface area contributed by atoms with Crippen LogP contribution in [0.3, 0.4) is 0 Å². The van der Waals surface area contributed by atoms with E-state index in [9.17, 15) is 8.78 Å². The summed E-state index contributed by atoms with van der Waals surface area (Å²) in [6, 6.07) is 7.05. The minimum absolute atomic E-state index is 0. The first kappa shape index (κ1) is 19.7. The molecule has 4 nitrogen and oxygen atoms in total. The highest BCUT2D eigenvalue weighted by Crippen LogP contribution is 2.21. The van der Waals surface area contributed by atoms with Crippen LogP contribution in [-0.4, -0.2) is 25.2 Å². The van der Waals surface area contributed by atoms with Gasteiger partial charge >= 0.3 is 6.61 Å². The van der Waals surface area contributed by atoms with Crippen molar-refractivity contribution < 1.29 is 13.5 Å². The number of guanidine groups is 1. The number of para-hydroxylation sites is 1. The fraction of sp³-hybridized carbons (Fsp3) is 0.438. The summed E-state index contributed by atoms with van der Waals surface area (Å²) < 4.78 is 29.3. The van der Waals surface area contributed by atoms with Gasteiger partial charge in [-0.25, -0.2) is 4.99 Å². The molecule has 1 aliphatic rings. The molecule has 23 heavy (non-hydrogen) atoms. The molecule has 0 aliphatic heterocycles. The Bertz CT molecular complexity index is 530. The predicted molar refractivity (Wildman–Crippen MR) is 98.6 cm³/mol. The summed E-state index contributed by atoms with van der Waals surface area (Å²) in [5, 5.41) is 6.50. The van der Waals surface area contributed by atoms with Crippen LogP contribution in [0.4, 0.5) is 8.78 Å². The molecule has 2 rings (SSSR count). The van der Waals surface area contributed by atoms with E-state index < -0.39 is 6.61 Å². The van der Waals surface area contributed by atoms with Crippen molar-refractivity contribution in [2.24, 2.45) is 4.99 Å². The molecule has 0 aromatic heterocycles. The normalized spacial score (nSPS) is 14.7. The summed E-state index contributed by atoms with van der Waals surface area (Å²) in [4.78, 5) is 4.46. The first-order chi connectivity index (χ1) is 10.7. The van der Waals surface area contributed by atoms with Crippen LogP contribution in [0.5, 0.6) is 5.75 Å². The molecule has 0 heterocycles. The molecule has 0 unspecified atom stereocenters. The number of nitrogens with one attached hydrogen (secondary N) is 2. The molecule has 1 aliphatic carbocycles. The highest BCUT2D eigenvalue weighted by atomic mass is 127. The third-order valence-electron chi connectivity index (χ3n) is 3.29. The Morgan fingerprint density at radius 3 is 2.65 bits per heavy atom. The van der Waals surface area contributed by atoms with E-state index in [2.05, 4.69) is 32.5 Å². The maximum absolute atomic E-state index is 12.4. The number of halogens is 3. The summed E-state index contributed by atoms with van der Waals surface area (Å²) in [6.07, 6.45) is 6.20. The fourth-order valence-electron chi connectivity index (χ4n) is 2.26. The van der Waals surface area contributed by atoms with Gasteiger partial charge in [0.2, 0.25) is 0 Å². The zero-order valence-corrected chi connectivity index (χ0v) is 15.3. The molecular weight excluding hydrogens is 415 g/mol. The average molecular weight is 437 g/mol. The highest BCUT2D eigenvalue weighted by molar-refractivity contribution is 14.0. The van der Waals surface area contributed by atoms with Crippen LogP contribution in [0, 0.1) is 0 Å². The highest BCUT2D eigenvalue weighted by Gasteiger charge is 2.12. The van der Waals surface area contributed by atoms with Gasteiger partial charge in [0, 0.05) is 18.2 Å². The van der Waals surface area contributed by atoms with E-state index in [-0.39, 0.29) is 36.3 Å². The molecule has 0 spiro atoms. The third-order valence-corrected chi connectivity index (χ3v) is 3.29. The molecule has 0 atom stereocenters. The van der Waals surface area contributed by atoms with E-state index in [1.54, 1.807) is 18.2 Å². The first-order valence-electron chi connectivity index (χ1n) is 7.41. The largest absolute Gasteiger partial charge is 0.434 e. The summed E-state index contributed by atoms with van der Waals surface area (Å²) in [7, 11) is 0. The lowest BCUT2D eigenvalue weighted by Gasteiger charge is -2.17. The smallest absolute Gasteiger partial charge is 0.387 e. The van der Waals surface area contributed by atoms with Gasteiger partial charge in [-0.05, 0) is 25.8 Å². The van der Waals surface area contributed by atoms with Gasteiger partial charge in [0.05, 0.1) is 6.54 Å². The van der Waals surface area contributed by atoms with E-state index in [4.69, 9.17) is 0 Å². The number of alkyl halides is 2. The van der Waals surface area contributed by atoms with Crippen molar-refractivity contribution in [1.82, 2.24) is 10.6 Å². The molecule has 128 valence electrons.